The van der Waals surface area contributed by atoms with Crippen LogP contribution in [0.25, 0.3) is 6.08 Å². The first-order valence-electron chi connectivity index (χ1n) is 11.2. The Labute approximate surface area is 189 Å². The first kappa shape index (κ1) is 21.6. The van der Waals surface area contributed by atoms with Crippen LogP contribution >= 0.6 is 0 Å². The second-order valence-corrected chi connectivity index (χ2v) is 8.21. The van der Waals surface area contributed by atoms with Gasteiger partial charge in [-0.25, -0.2) is 0 Å². The summed E-state index contributed by atoms with van der Waals surface area (Å²) in [4.78, 5) is 28.0. The Morgan fingerprint density at radius 2 is 1.38 bits per heavy atom. The van der Waals surface area contributed by atoms with Crippen LogP contribution in [0.2, 0.25) is 0 Å². The minimum absolute atomic E-state index is 0.128. The summed E-state index contributed by atoms with van der Waals surface area (Å²) in [6.45, 7) is 1.40. The van der Waals surface area contributed by atoms with Crippen molar-refractivity contribution in [3.63, 3.8) is 0 Å². The molecule has 3 aromatic carbocycles. The molecule has 0 spiro atoms. The molecule has 1 N–H and O–H groups in total. The summed E-state index contributed by atoms with van der Waals surface area (Å²) in [5.41, 5.74) is 3.06. The predicted octanol–water partition coefficient (Wildman–Crippen LogP) is 4.94. The molecule has 0 unspecified atom stereocenters. The van der Waals surface area contributed by atoms with Crippen LogP contribution in [-0.2, 0) is 11.2 Å². The minimum Gasteiger partial charge on any atom is -0.337 e. The Balaban J connectivity index is 1.45. The van der Waals surface area contributed by atoms with E-state index in [0.717, 1.165) is 24.8 Å². The van der Waals surface area contributed by atoms with Crippen molar-refractivity contribution in [3.8, 4) is 0 Å². The summed E-state index contributed by atoms with van der Waals surface area (Å²) in [6, 6.07) is 29.1. The second-order valence-electron chi connectivity index (χ2n) is 8.21. The first-order valence-corrected chi connectivity index (χ1v) is 11.2. The molecule has 1 aliphatic rings. The third-order valence-electron chi connectivity index (χ3n) is 5.89. The summed E-state index contributed by atoms with van der Waals surface area (Å²) in [6.07, 6.45) is 4.73. The maximum Gasteiger partial charge on any atom is 0.270 e. The van der Waals surface area contributed by atoms with Crippen LogP contribution in [0.15, 0.2) is 96.7 Å². The summed E-state index contributed by atoms with van der Waals surface area (Å²) >= 11 is 0. The molecule has 2 amide bonds. The van der Waals surface area contributed by atoms with Gasteiger partial charge in [-0.2, -0.15) is 0 Å². The smallest absolute Gasteiger partial charge is 0.270 e. The molecule has 0 aliphatic carbocycles. The van der Waals surface area contributed by atoms with Crippen LogP contribution < -0.4 is 5.32 Å². The highest BCUT2D eigenvalue weighted by molar-refractivity contribution is 6.05. The van der Waals surface area contributed by atoms with Crippen molar-refractivity contribution in [1.82, 2.24) is 10.2 Å². The molecule has 4 rings (SSSR count). The number of likely N-dealkylation sites (tertiary alicyclic amines) is 1. The van der Waals surface area contributed by atoms with Crippen LogP contribution in [0.3, 0.4) is 0 Å². The lowest BCUT2D eigenvalue weighted by Gasteiger charge is -2.32. The summed E-state index contributed by atoms with van der Waals surface area (Å²) in [7, 11) is 0. The van der Waals surface area contributed by atoms with Crippen molar-refractivity contribution in [2.24, 2.45) is 5.92 Å². The Bertz CT molecular complexity index is 1050. The van der Waals surface area contributed by atoms with E-state index in [2.05, 4.69) is 29.6 Å². The van der Waals surface area contributed by atoms with E-state index in [-0.39, 0.29) is 11.8 Å². The molecule has 0 radical (unpaired) electrons. The van der Waals surface area contributed by atoms with Crippen molar-refractivity contribution in [2.75, 3.05) is 13.1 Å². The molecule has 162 valence electrons. The van der Waals surface area contributed by atoms with Crippen molar-refractivity contribution >= 4 is 17.9 Å². The number of carbonyl (C=O) groups is 2. The second kappa shape index (κ2) is 10.6. The highest BCUT2D eigenvalue weighted by atomic mass is 16.2. The molecule has 0 aromatic heterocycles. The normalized spacial score (nSPS) is 14.8. The quantitative estimate of drug-likeness (QED) is 0.570. The van der Waals surface area contributed by atoms with E-state index in [1.54, 1.807) is 18.2 Å². The monoisotopic (exact) mass is 424 g/mol. The first-order chi connectivity index (χ1) is 15.7. The van der Waals surface area contributed by atoms with E-state index >= 15 is 0 Å². The van der Waals surface area contributed by atoms with Crippen molar-refractivity contribution in [2.45, 2.75) is 19.3 Å². The van der Waals surface area contributed by atoms with E-state index in [9.17, 15) is 9.59 Å². The van der Waals surface area contributed by atoms with Gasteiger partial charge in [0.05, 0.1) is 0 Å². The van der Waals surface area contributed by atoms with Gasteiger partial charge in [-0.3, -0.25) is 9.59 Å². The number of nitrogens with one attached hydrogen (secondary N) is 1. The zero-order chi connectivity index (χ0) is 22.2. The molecule has 0 bridgehead atoms. The van der Waals surface area contributed by atoms with Gasteiger partial charge in [0.2, 0.25) is 0 Å². The number of rotatable bonds is 6. The van der Waals surface area contributed by atoms with Gasteiger partial charge >= 0.3 is 0 Å². The van der Waals surface area contributed by atoms with Gasteiger partial charge < -0.3 is 10.2 Å². The average molecular weight is 425 g/mol. The third kappa shape index (κ3) is 5.73. The highest BCUT2D eigenvalue weighted by Gasteiger charge is 2.26. The molecule has 4 nitrogen and oxygen atoms in total. The zero-order valence-corrected chi connectivity index (χ0v) is 18.1. The number of amides is 2. The molecule has 0 saturated carbocycles. The van der Waals surface area contributed by atoms with Gasteiger partial charge in [-0.15, -0.1) is 0 Å². The molecule has 32 heavy (non-hydrogen) atoms. The Kier molecular flexibility index (Phi) is 7.13. The van der Waals surface area contributed by atoms with Crippen LogP contribution in [0.4, 0.5) is 0 Å². The predicted molar refractivity (Wildman–Crippen MR) is 128 cm³/mol. The Morgan fingerprint density at radius 1 is 0.812 bits per heavy atom. The number of benzene rings is 3. The lowest BCUT2D eigenvalue weighted by Crippen LogP contribution is -2.43. The zero-order valence-electron chi connectivity index (χ0n) is 18.1. The van der Waals surface area contributed by atoms with E-state index < -0.39 is 0 Å². The SMILES string of the molecule is O=C(N/C(=C\c1ccccc1)C(=O)N1CCC(Cc2ccccc2)CC1)c1ccccc1. The fourth-order valence-electron chi connectivity index (χ4n) is 4.11. The molecule has 1 aliphatic heterocycles. The maximum atomic E-state index is 13.4. The van der Waals surface area contributed by atoms with Gasteiger partial charge in [-0.05, 0) is 54.5 Å². The minimum atomic E-state index is -0.278. The molecule has 1 heterocycles. The molecule has 0 atom stereocenters. The molecular weight excluding hydrogens is 396 g/mol. The van der Waals surface area contributed by atoms with Crippen LogP contribution in [0.5, 0.6) is 0 Å². The van der Waals surface area contributed by atoms with E-state index in [1.165, 1.54) is 5.56 Å². The van der Waals surface area contributed by atoms with E-state index in [0.29, 0.717) is 30.3 Å². The van der Waals surface area contributed by atoms with E-state index in [1.807, 2.05) is 59.5 Å². The van der Waals surface area contributed by atoms with Gasteiger partial charge in [0.15, 0.2) is 0 Å². The van der Waals surface area contributed by atoms with Gasteiger partial charge in [0.1, 0.15) is 5.70 Å². The Morgan fingerprint density at radius 3 is 2.00 bits per heavy atom. The third-order valence-corrected chi connectivity index (χ3v) is 5.89. The van der Waals surface area contributed by atoms with Gasteiger partial charge in [-0.1, -0.05) is 78.9 Å². The van der Waals surface area contributed by atoms with Gasteiger partial charge in [0.25, 0.3) is 11.8 Å². The lowest BCUT2D eigenvalue weighted by molar-refractivity contribution is -0.128. The number of piperidine rings is 1. The van der Waals surface area contributed by atoms with Gasteiger partial charge in [0, 0.05) is 18.7 Å². The van der Waals surface area contributed by atoms with Crippen molar-refractivity contribution in [3.05, 3.63) is 113 Å². The largest absolute Gasteiger partial charge is 0.337 e. The molecule has 3 aromatic rings. The molecule has 4 heteroatoms. The molecule has 1 fully saturated rings. The van der Waals surface area contributed by atoms with Crippen molar-refractivity contribution in [1.29, 1.82) is 0 Å². The van der Waals surface area contributed by atoms with Crippen molar-refractivity contribution < 1.29 is 9.59 Å². The standard InChI is InChI=1S/C28H28N2O2/c31-27(25-14-8-3-9-15-25)29-26(21-23-12-6-2-7-13-23)28(32)30-18-16-24(17-19-30)20-22-10-4-1-5-11-22/h1-15,21,24H,16-20H2,(H,29,31)/b26-21-. The fraction of sp³-hybridized carbons (Fsp3) is 0.214. The number of hydrogen-bond donors (Lipinski definition) is 1. The number of nitrogens with zero attached hydrogens (tertiary/aromatic N) is 1. The molecule has 1 saturated heterocycles. The molecular formula is C28H28N2O2. The average Bonchev–Trinajstić information content (AvgIpc) is 2.85. The fourth-order valence-corrected chi connectivity index (χ4v) is 4.11. The summed E-state index contributed by atoms with van der Waals surface area (Å²) in [5, 5.41) is 2.86. The summed E-state index contributed by atoms with van der Waals surface area (Å²) < 4.78 is 0. The topological polar surface area (TPSA) is 49.4 Å². The van der Waals surface area contributed by atoms with Crippen LogP contribution in [0, 0.1) is 5.92 Å². The maximum absolute atomic E-state index is 13.4. The number of hydrogen-bond acceptors (Lipinski definition) is 2. The Hall–Kier alpha value is -3.66. The van der Waals surface area contributed by atoms with Crippen LogP contribution in [0.1, 0.15) is 34.3 Å². The highest BCUT2D eigenvalue weighted by Crippen LogP contribution is 2.23. The number of carbonyl (C=O) groups excluding carboxylic acids is 2. The lowest BCUT2D eigenvalue weighted by atomic mass is 9.90. The van der Waals surface area contributed by atoms with Crippen LogP contribution in [-0.4, -0.2) is 29.8 Å². The summed E-state index contributed by atoms with van der Waals surface area (Å²) in [5.74, 6) is 0.165. The van der Waals surface area contributed by atoms with E-state index in [4.69, 9.17) is 0 Å².